The van der Waals surface area contributed by atoms with E-state index < -0.39 is 6.04 Å². The Bertz CT molecular complexity index is 799. The molecule has 3 amide bonds. The van der Waals surface area contributed by atoms with Crippen molar-refractivity contribution in [2.75, 3.05) is 0 Å². The Morgan fingerprint density at radius 1 is 1.14 bits per heavy atom. The first-order valence-electron chi connectivity index (χ1n) is 10.2. The van der Waals surface area contributed by atoms with E-state index >= 15 is 0 Å². The van der Waals surface area contributed by atoms with E-state index in [-0.39, 0.29) is 24.1 Å². The molecule has 2 unspecified atom stereocenters. The number of fused-ring (bicyclic) bond motifs is 1. The zero-order chi connectivity index (χ0) is 19.8. The molecule has 0 aromatic heterocycles. The van der Waals surface area contributed by atoms with Gasteiger partial charge in [0.2, 0.25) is 11.8 Å². The van der Waals surface area contributed by atoms with Crippen LogP contribution in [-0.4, -0.2) is 46.8 Å². The number of hydrogen-bond donors (Lipinski definition) is 3. The lowest BCUT2D eigenvalue weighted by Gasteiger charge is -2.33. The number of carbonyl (C=O) groups is 3. The molecule has 7 heteroatoms. The fraction of sp³-hybridized carbons (Fsp3) is 0.571. The van der Waals surface area contributed by atoms with E-state index in [2.05, 4.69) is 35.9 Å². The predicted octanol–water partition coefficient (Wildman–Crippen LogP) is 1.07. The van der Waals surface area contributed by atoms with E-state index in [1.165, 1.54) is 0 Å². The zero-order valence-electron chi connectivity index (χ0n) is 16.5. The van der Waals surface area contributed by atoms with Crippen LogP contribution in [0.1, 0.15) is 61.0 Å². The number of piperidine rings is 2. The molecule has 3 aliphatic heterocycles. The summed E-state index contributed by atoms with van der Waals surface area (Å²) in [5, 5.41) is 9.54. The van der Waals surface area contributed by atoms with E-state index in [0.717, 1.165) is 30.5 Å². The van der Waals surface area contributed by atoms with Crippen LogP contribution < -0.4 is 16.0 Å². The maximum Gasteiger partial charge on any atom is 0.255 e. The van der Waals surface area contributed by atoms with Crippen molar-refractivity contribution in [2.45, 2.75) is 76.8 Å². The third-order valence-corrected chi connectivity index (χ3v) is 6.03. The minimum Gasteiger partial charge on any atom is -0.322 e. The molecule has 2 fully saturated rings. The molecule has 3 heterocycles. The van der Waals surface area contributed by atoms with Crippen LogP contribution in [0.15, 0.2) is 18.2 Å². The van der Waals surface area contributed by atoms with E-state index in [9.17, 15) is 14.4 Å². The van der Waals surface area contributed by atoms with Crippen molar-refractivity contribution >= 4 is 17.7 Å². The molecule has 7 nitrogen and oxygen atoms in total. The van der Waals surface area contributed by atoms with Crippen molar-refractivity contribution in [3.8, 4) is 0 Å². The zero-order valence-corrected chi connectivity index (χ0v) is 16.5. The molecule has 4 atom stereocenters. The average Bonchev–Trinajstić information content (AvgIpc) is 2.95. The molecule has 150 valence electrons. The monoisotopic (exact) mass is 384 g/mol. The first kappa shape index (κ1) is 19.1. The Balaban J connectivity index is 1.41. The van der Waals surface area contributed by atoms with Gasteiger partial charge in [-0.1, -0.05) is 12.1 Å². The third kappa shape index (κ3) is 3.82. The van der Waals surface area contributed by atoms with Gasteiger partial charge in [-0.05, 0) is 50.3 Å². The standard InChI is InChI=1S/C21H28N4O3/c1-12-7-16(8-13(2)23-12)22-10-14-3-4-17-15(9-14)11-25(21(17)28)18-5-6-19(26)24-20(18)27/h3-4,9,12-13,16,18,22-23H,5-8,10-11H2,1-2H3,(H,24,26,27)/t12-,13+,16?,18?. The number of nitrogens with zero attached hydrogens (tertiary/aromatic N) is 1. The molecule has 4 rings (SSSR count). The largest absolute Gasteiger partial charge is 0.322 e. The second-order valence-corrected chi connectivity index (χ2v) is 8.41. The minimum absolute atomic E-state index is 0.120. The van der Waals surface area contributed by atoms with Gasteiger partial charge in [0.05, 0.1) is 0 Å². The van der Waals surface area contributed by atoms with Crippen molar-refractivity contribution in [2.24, 2.45) is 0 Å². The van der Waals surface area contributed by atoms with Gasteiger partial charge in [0, 0.05) is 43.2 Å². The number of carbonyl (C=O) groups excluding carboxylic acids is 3. The highest BCUT2D eigenvalue weighted by atomic mass is 16.2. The van der Waals surface area contributed by atoms with Crippen LogP contribution in [0.4, 0.5) is 0 Å². The number of imide groups is 1. The summed E-state index contributed by atoms with van der Waals surface area (Å²) in [7, 11) is 0. The van der Waals surface area contributed by atoms with Gasteiger partial charge in [0.15, 0.2) is 0 Å². The lowest BCUT2D eigenvalue weighted by Crippen LogP contribution is -2.52. The lowest BCUT2D eigenvalue weighted by atomic mass is 9.95. The van der Waals surface area contributed by atoms with Crippen LogP contribution >= 0.6 is 0 Å². The third-order valence-electron chi connectivity index (χ3n) is 6.03. The molecule has 1 aromatic carbocycles. The lowest BCUT2D eigenvalue weighted by molar-refractivity contribution is -0.136. The maximum atomic E-state index is 12.8. The van der Waals surface area contributed by atoms with E-state index in [4.69, 9.17) is 0 Å². The van der Waals surface area contributed by atoms with Crippen LogP contribution in [0.2, 0.25) is 0 Å². The summed E-state index contributed by atoms with van der Waals surface area (Å²) < 4.78 is 0. The van der Waals surface area contributed by atoms with Crippen molar-refractivity contribution in [3.05, 3.63) is 34.9 Å². The molecule has 2 saturated heterocycles. The Morgan fingerprint density at radius 3 is 2.61 bits per heavy atom. The molecular formula is C21H28N4O3. The van der Waals surface area contributed by atoms with Crippen LogP contribution in [0.25, 0.3) is 0 Å². The smallest absolute Gasteiger partial charge is 0.255 e. The molecule has 28 heavy (non-hydrogen) atoms. The highest BCUT2D eigenvalue weighted by Gasteiger charge is 2.39. The summed E-state index contributed by atoms with van der Waals surface area (Å²) in [5.74, 6) is -0.751. The Kier molecular flexibility index (Phi) is 5.21. The van der Waals surface area contributed by atoms with Crippen molar-refractivity contribution in [1.29, 1.82) is 0 Å². The molecule has 3 N–H and O–H groups in total. The minimum atomic E-state index is -0.558. The number of hydrogen-bond acceptors (Lipinski definition) is 5. The highest BCUT2D eigenvalue weighted by Crippen LogP contribution is 2.28. The Labute approximate surface area is 165 Å². The molecule has 0 radical (unpaired) electrons. The summed E-state index contributed by atoms with van der Waals surface area (Å²) in [4.78, 5) is 37.9. The molecule has 3 aliphatic rings. The van der Waals surface area contributed by atoms with E-state index in [1.54, 1.807) is 4.90 Å². The first-order chi connectivity index (χ1) is 13.4. The second-order valence-electron chi connectivity index (χ2n) is 8.41. The van der Waals surface area contributed by atoms with Crippen LogP contribution in [0.3, 0.4) is 0 Å². The highest BCUT2D eigenvalue weighted by molar-refractivity contribution is 6.05. The van der Waals surface area contributed by atoms with Gasteiger partial charge in [0.25, 0.3) is 5.91 Å². The summed E-state index contributed by atoms with van der Waals surface area (Å²) in [6.45, 7) is 5.63. The number of amides is 3. The second kappa shape index (κ2) is 7.64. The van der Waals surface area contributed by atoms with Gasteiger partial charge in [-0.3, -0.25) is 19.7 Å². The number of benzene rings is 1. The first-order valence-corrected chi connectivity index (χ1v) is 10.2. The van der Waals surface area contributed by atoms with Gasteiger partial charge in [0.1, 0.15) is 6.04 Å². The van der Waals surface area contributed by atoms with Crippen LogP contribution in [-0.2, 0) is 22.7 Å². The molecule has 0 bridgehead atoms. The van der Waals surface area contributed by atoms with Gasteiger partial charge in [-0.15, -0.1) is 0 Å². The number of rotatable bonds is 4. The normalized spacial score (nSPS) is 30.4. The molecule has 0 saturated carbocycles. The summed E-state index contributed by atoms with van der Waals surface area (Å²) in [6.07, 6.45) is 2.89. The van der Waals surface area contributed by atoms with Gasteiger partial charge >= 0.3 is 0 Å². The summed E-state index contributed by atoms with van der Waals surface area (Å²) in [5.41, 5.74) is 2.77. The quantitative estimate of drug-likeness (QED) is 0.676. The van der Waals surface area contributed by atoms with E-state index in [0.29, 0.717) is 36.7 Å². The molecule has 0 aliphatic carbocycles. The fourth-order valence-electron chi connectivity index (χ4n) is 4.74. The van der Waals surface area contributed by atoms with E-state index in [1.807, 2.05) is 12.1 Å². The van der Waals surface area contributed by atoms with Crippen LogP contribution in [0.5, 0.6) is 0 Å². The van der Waals surface area contributed by atoms with Gasteiger partial charge in [-0.2, -0.15) is 0 Å². The molecular weight excluding hydrogens is 356 g/mol. The topological polar surface area (TPSA) is 90.5 Å². The van der Waals surface area contributed by atoms with Crippen molar-refractivity contribution < 1.29 is 14.4 Å². The summed E-state index contributed by atoms with van der Waals surface area (Å²) >= 11 is 0. The Hall–Kier alpha value is -2.25. The van der Waals surface area contributed by atoms with Crippen molar-refractivity contribution in [1.82, 2.24) is 20.9 Å². The Morgan fingerprint density at radius 2 is 1.89 bits per heavy atom. The van der Waals surface area contributed by atoms with Gasteiger partial charge < -0.3 is 15.5 Å². The average molecular weight is 384 g/mol. The fourth-order valence-corrected chi connectivity index (χ4v) is 4.74. The van der Waals surface area contributed by atoms with Gasteiger partial charge in [-0.25, -0.2) is 0 Å². The SMILES string of the molecule is C[C@@H]1CC(NCc2ccc3c(c2)CN(C2CCC(=O)NC2=O)C3=O)C[C@H](C)N1. The van der Waals surface area contributed by atoms with Crippen LogP contribution in [0, 0.1) is 0 Å². The number of nitrogens with one attached hydrogen (secondary N) is 3. The molecule has 0 spiro atoms. The molecule has 1 aromatic rings. The van der Waals surface area contributed by atoms with Crippen molar-refractivity contribution in [3.63, 3.8) is 0 Å². The predicted molar refractivity (Wildman–Crippen MR) is 104 cm³/mol. The summed E-state index contributed by atoms with van der Waals surface area (Å²) in [6, 6.07) is 6.89. The maximum absolute atomic E-state index is 12.8.